The Balaban J connectivity index is 1.88. The molecule has 1 aromatic carbocycles. The first-order valence-corrected chi connectivity index (χ1v) is 6.80. The molecule has 20 heavy (non-hydrogen) atoms. The smallest absolute Gasteiger partial charge is 0.276 e. The molecule has 0 fully saturated rings. The summed E-state index contributed by atoms with van der Waals surface area (Å²) < 4.78 is 1.58. The number of aromatic nitrogens is 2. The first-order chi connectivity index (χ1) is 9.65. The summed E-state index contributed by atoms with van der Waals surface area (Å²) in [7, 11) is 1.77. The maximum atomic E-state index is 12.6. The van der Waals surface area contributed by atoms with E-state index in [-0.39, 0.29) is 5.91 Å². The van der Waals surface area contributed by atoms with Crippen LogP contribution in [-0.2, 0) is 20.0 Å². The molecular formula is C15H18N4O. The fraction of sp³-hybridized carbons (Fsp3) is 0.333. The fourth-order valence-electron chi connectivity index (χ4n) is 2.70. The second-order valence-electron chi connectivity index (χ2n) is 5.21. The number of hydrogen-bond donors (Lipinski definition) is 1. The zero-order valence-electron chi connectivity index (χ0n) is 11.5. The minimum atomic E-state index is -0.0835. The lowest BCUT2D eigenvalue weighted by atomic mass is 10.0. The number of anilines is 1. The topological polar surface area (TPSA) is 64.2 Å². The predicted octanol–water partition coefficient (Wildman–Crippen LogP) is 1.59. The molecule has 1 amide bonds. The van der Waals surface area contributed by atoms with Crippen molar-refractivity contribution in [1.29, 1.82) is 0 Å². The van der Waals surface area contributed by atoms with Crippen molar-refractivity contribution in [2.24, 2.45) is 7.05 Å². The van der Waals surface area contributed by atoms with E-state index in [1.807, 2.05) is 17.0 Å². The molecule has 0 spiro atoms. The van der Waals surface area contributed by atoms with E-state index in [0.29, 0.717) is 17.9 Å². The number of nitrogens with two attached hydrogens (primary N) is 1. The summed E-state index contributed by atoms with van der Waals surface area (Å²) in [5, 5.41) is 4.17. The largest absolute Gasteiger partial charge is 0.396 e. The molecule has 0 atom stereocenters. The number of fused-ring (bicyclic) bond motifs is 1. The highest BCUT2D eigenvalue weighted by Gasteiger charge is 2.23. The van der Waals surface area contributed by atoms with Crippen LogP contribution in [0.5, 0.6) is 0 Å². The second-order valence-corrected chi connectivity index (χ2v) is 5.21. The molecule has 5 nitrogen and oxygen atoms in total. The quantitative estimate of drug-likeness (QED) is 0.856. The molecule has 2 aromatic rings. The molecule has 0 aliphatic carbocycles. The van der Waals surface area contributed by atoms with Gasteiger partial charge < -0.3 is 10.6 Å². The molecule has 1 aromatic heterocycles. The minimum absolute atomic E-state index is 0.0835. The van der Waals surface area contributed by atoms with Gasteiger partial charge in [-0.25, -0.2) is 0 Å². The number of benzene rings is 1. The Morgan fingerprint density at radius 1 is 1.30 bits per heavy atom. The maximum absolute atomic E-state index is 12.6. The van der Waals surface area contributed by atoms with Gasteiger partial charge in [-0.05, 0) is 24.0 Å². The Hall–Kier alpha value is -2.30. The van der Waals surface area contributed by atoms with Gasteiger partial charge >= 0.3 is 0 Å². The van der Waals surface area contributed by atoms with Gasteiger partial charge in [-0.3, -0.25) is 9.48 Å². The Bertz CT molecular complexity index is 647. The number of carbonyl (C=O) groups is 1. The number of aryl methyl sites for hydroxylation is 2. The Morgan fingerprint density at radius 2 is 2.05 bits per heavy atom. The van der Waals surface area contributed by atoms with E-state index in [0.717, 1.165) is 19.4 Å². The van der Waals surface area contributed by atoms with Gasteiger partial charge in [0, 0.05) is 26.3 Å². The number of hydrogen-bond acceptors (Lipinski definition) is 3. The van der Waals surface area contributed by atoms with Crippen LogP contribution in [0.2, 0.25) is 0 Å². The lowest BCUT2D eigenvalue weighted by Crippen LogP contribution is -2.31. The van der Waals surface area contributed by atoms with Crippen LogP contribution in [0.4, 0.5) is 5.69 Å². The highest BCUT2D eigenvalue weighted by Crippen LogP contribution is 2.21. The predicted molar refractivity (Wildman–Crippen MR) is 77.1 cm³/mol. The van der Waals surface area contributed by atoms with Gasteiger partial charge in [0.05, 0.1) is 5.69 Å². The molecule has 0 saturated heterocycles. The molecule has 0 radical (unpaired) electrons. The van der Waals surface area contributed by atoms with Crippen LogP contribution in [0.1, 0.15) is 28.0 Å². The van der Waals surface area contributed by atoms with Crippen molar-refractivity contribution in [3.05, 3.63) is 47.3 Å². The lowest BCUT2D eigenvalue weighted by Gasteiger charge is -2.20. The zero-order chi connectivity index (χ0) is 14.1. The van der Waals surface area contributed by atoms with Crippen molar-refractivity contribution < 1.29 is 4.79 Å². The van der Waals surface area contributed by atoms with Crippen molar-refractivity contribution in [3.8, 4) is 0 Å². The van der Waals surface area contributed by atoms with Gasteiger partial charge in [0.2, 0.25) is 0 Å². The molecule has 1 aliphatic heterocycles. The average molecular weight is 270 g/mol. The minimum Gasteiger partial charge on any atom is -0.396 e. The van der Waals surface area contributed by atoms with E-state index in [1.165, 1.54) is 11.1 Å². The van der Waals surface area contributed by atoms with E-state index >= 15 is 0 Å². The number of nitrogens with zero attached hydrogens (tertiary/aromatic N) is 3. The first kappa shape index (κ1) is 12.7. The number of amides is 1. The standard InChI is InChI=1S/C15H18N4O/c1-18-10-13(16)14(17-18)15(20)19-8-4-7-11-5-2-3-6-12(11)9-19/h2-3,5-6,10H,4,7-9,16H2,1H3. The van der Waals surface area contributed by atoms with Gasteiger partial charge in [0.15, 0.2) is 5.69 Å². The highest BCUT2D eigenvalue weighted by atomic mass is 16.2. The third-order valence-corrected chi connectivity index (χ3v) is 3.70. The Kier molecular flexibility index (Phi) is 3.18. The fourth-order valence-corrected chi connectivity index (χ4v) is 2.70. The van der Waals surface area contributed by atoms with Crippen molar-refractivity contribution in [2.75, 3.05) is 12.3 Å². The molecule has 0 saturated carbocycles. The van der Waals surface area contributed by atoms with Crippen LogP contribution < -0.4 is 5.73 Å². The van der Waals surface area contributed by atoms with Crippen LogP contribution in [-0.4, -0.2) is 27.1 Å². The summed E-state index contributed by atoms with van der Waals surface area (Å²) in [5.41, 5.74) is 9.19. The number of carbonyl (C=O) groups excluding carboxylic acids is 1. The third-order valence-electron chi connectivity index (χ3n) is 3.70. The maximum Gasteiger partial charge on any atom is 0.276 e. The summed E-state index contributed by atoms with van der Waals surface area (Å²) in [6, 6.07) is 8.29. The average Bonchev–Trinajstić information content (AvgIpc) is 2.65. The highest BCUT2D eigenvalue weighted by molar-refractivity contribution is 5.97. The van der Waals surface area contributed by atoms with Gasteiger partial charge in [0.1, 0.15) is 0 Å². The van der Waals surface area contributed by atoms with E-state index in [9.17, 15) is 4.79 Å². The molecule has 0 bridgehead atoms. The van der Waals surface area contributed by atoms with Crippen molar-refractivity contribution in [3.63, 3.8) is 0 Å². The molecule has 5 heteroatoms. The van der Waals surface area contributed by atoms with Crippen LogP contribution in [0.25, 0.3) is 0 Å². The van der Waals surface area contributed by atoms with E-state index in [1.54, 1.807) is 17.9 Å². The van der Waals surface area contributed by atoms with E-state index in [2.05, 4.69) is 17.2 Å². The van der Waals surface area contributed by atoms with Crippen LogP contribution in [0.3, 0.4) is 0 Å². The monoisotopic (exact) mass is 270 g/mol. The first-order valence-electron chi connectivity index (χ1n) is 6.80. The third kappa shape index (κ3) is 2.27. The molecule has 2 N–H and O–H groups in total. The van der Waals surface area contributed by atoms with Gasteiger partial charge in [-0.2, -0.15) is 5.10 Å². The van der Waals surface area contributed by atoms with Gasteiger partial charge in [-0.15, -0.1) is 0 Å². The zero-order valence-corrected chi connectivity index (χ0v) is 11.5. The summed E-state index contributed by atoms with van der Waals surface area (Å²) in [5.74, 6) is -0.0835. The molecule has 104 valence electrons. The van der Waals surface area contributed by atoms with E-state index < -0.39 is 0 Å². The van der Waals surface area contributed by atoms with Crippen molar-refractivity contribution >= 4 is 11.6 Å². The van der Waals surface area contributed by atoms with Gasteiger partial charge in [-0.1, -0.05) is 24.3 Å². The van der Waals surface area contributed by atoms with E-state index in [4.69, 9.17) is 5.73 Å². The lowest BCUT2D eigenvalue weighted by molar-refractivity contribution is 0.0740. The number of nitrogen functional groups attached to an aromatic ring is 1. The van der Waals surface area contributed by atoms with Crippen LogP contribution in [0.15, 0.2) is 30.5 Å². The van der Waals surface area contributed by atoms with Crippen LogP contribution in [0, 0.1) is 0 Å². The summed E-state index contributed by atoms with van der Waals surface area (Å²) in [4.78, 5) is 14.4. The second kappa shape index (κ2) is 5.00. The molecular weight excluding hydrogens is 252 g/mol. The summed E-state index contributed by atoms with van der Waals surface area (Å²) in [6.07, 6.45) is 3.64. The van der Waals surface area contributed by atoms with Crippen molar-refractivity contribution in [2.45, 2.75) is 19.4 Å². The molecule has 0 unspecified atom stereocenters. The molecule has 2 heterocycles. The summed E-state index contributed by atoms with van der Waals surface area (Å²) in [6.45, 7) is 1.37. The van der Waals surface area contributed by atoms with Gasteiger partial charge in [0.25, 0.3) is 5.91 Å². The Labute approximate surface area is 118 Å². The van der Waals surface area contributed by atoms with Crippen LogP contribution >= 0.6 is 0 Å². The Morgan fingerprint density at radius 3 is 2.75 bits per heavy atom. The number of rotatable bonds is 1. The summed E-state index contributed by atoms with van der Waals surface area (Å²) >= 11 is 0. The normalized spacial score (nSPS) is 14.8. The molecule has 1 aliphatic rings. The van der Waals surface area contributed by atoms with Crippen molar-refractivity contribution in [1.82, 2.24) is 14.7 Å². The SMILES string of the molecule is Cn1cc(N)c(C(=O)N2CCCc3ccccc3C2)n1. The molecule has 3 rings (SSSR count).